The van der Waals surface area contributed by atoms with E-state index in [9.17, 15) is 4.79 Å². The van der Waals surface area contributed by atoms with Crippen molar-refractivity contribution in [1.29, 1.82) is 0 Å². The lowest BCUT2D eigenvalue weighted by Gasteiger charge is -2.21. The molecule has 0 spiro atoms. The number of amides is 1. The molecule has 1 aromatic heterocycles. The van der Waals surface area contributed by atoms with Crippen LogP contribution in [0.4, 0.5) is 0 Å². The number of pyridine rings is 1. The van der Waals surface area contributed by atoms with E-state index in [1.54, 1.807) is 23.2 Å². The van der Waals surface area contributed by atoms with Crippen molar-refractivity contribution in [2.75, 3.05) is 13.2 Å². The van der Waals surface area contributed by atoms with Gasteiger partial charge in [-0.15, -0.1) is 0 Å². The minimum atomic E-state index is -0.144. The van der Waals surface area contributed by atoms with E-state index in [-0.39, 0.29) is 23.7 Å². The van der Waals surface area contributed by atoms with Crippen molar-refractivity contribution in [2.45, 2.75) is 18.9 Å². The van der Waals surface area contributed by atoms with Crippen LogP contribution in [0.3, 0.4) is 0 Å². The van der Waals surface area contributed by atoms with Gasteiger partial charge in [0.1, 0.15) is 5.15 Å². The van der Waals surface area contributed by atoms with E-state index >= 15 is 0 Å². The number of rotatable bonds is 4. The van der Waals surface area contributed by atoms with Gasteiger partial charge >= 0.3 is 0 Å². The highest BCUT2D eigenvalue weighted by Crippen LogP contribution is 2.28. The second kappa shape index (κ2) is 4.80. The zero-order valence-electron chi connectivity index (χ0n) is 8.77. The van der Waals surface area contributed by atoms with Gasteiger partial charge in [0.05, 0.1) is 12.2 Å². The van der Waals surface area contributed by atoms with Crippen LogP contribution in [-0.4, -0.2) is 40.1 Å². The Morgan fingerprint density at radius 3 is 2.94 bits per heavy atom. The fourth-order valence-corrected chi connectivity index (χ4v) is 1.84. The number of carbonyl (C=O) groups excluding carboxylic acids is 1. The number of aromatic nitrogens is 1. The first-order chi connectivity index (χ1) is 7.74. The molecule has 1 N–H and O–H groups in total. The van der Waals surface area contributed by atoms with E-state index in [2.05, 4.69) is 4.98 Å². The normalized spacial score (nSPS) is 14.9. The molecular formula is C11H13ClN2O2. The molecule has 1 aliphatic rings. The number of carbonyl (C=O) groups is 1. The molecule has 86 valence electrons. The summed E-state index contributed by atoms with van der Waals surface area (Å²) in [6.07, 6.45) is 3.56. The Morgan fingerprint density at radius 2 is 2.38 bits per heavy atom. The first kappa shape index (κ1) is 11.4. The number of hydrogen-bond acceptors (Lipinski definition) is 3. The maximum absolute atomic E-state index is 12.1. The average molecular weight is 241 g/mol. The molecule has 16 heavy (non-hydrogen) atoms. The Morgan fingerprint density at radius 1 is 1.62 bits per heavy atom. The van der Waals surface area contributed by atoms with Gasteiger partial charge in [-0.05, 0) is 25.0 Å². The van der Waals surface area contributed by atoms with Gasteiger partial charge in [0, 0.05) is 18.8 Å². The second-order valence-electron chi connectivity index (χ2n) is 3.80. The third-order valence-electron chi connectivity index (χ3n) is 2.58. The molecule has 0 saturated heterocycles. The molecule has 0 bridgehead atoms. The molecular weight excluding hydrogens is 228 g/mol. The maximum atomic E-state index is 12.1. The number of aliphatic hydroxyl groups excluding tert-OH is 1. The smallest absolute Gasteiger partial charge is 0.257 e. The molecule has 0 aromatic carbocycles. The highest BCUT2D eigenvalue weighted by Gasteiger charge is 2.33. The fraction of sp³-hybridized carbons (Fsp3) is 0.455. The van der Waals surface area contributed by atoms with Crippen LogP contribution in [0.5, 0.6) is 0 Å². The average Bonchev–Trinajstić information content (AvgIpc) is 3.09. The first-order valence-electron chi connectivity index (χ1n) is 5.26. The molecule has 4 nitrogen and oxygen atoms in total. The van der Waals surface area contributed by atoms with Crippen molar-refractivity contribution in [3.8, 4) is 0 Å². The largest absolute Gasteiger partial charge is 0.395 e. The second-order valence-corrected chi connectivity index (χ2v) is 4.15. The van der Waals surface area contributed by atoms with Gasteiger partial charge in [0.2, 0.25) is 0 Å². The van der Waals surface area contributed by atoms with Gasteiger partial charge in [-0.3, -0.25) is 4.79 Å². The standard InChI is InChI=1S/C11H13ClN2O2/c12-10-9(2-1-5-13-10)11(16)14(6-7-15)8-3-4-8/h1-2,5,8,15H,3-4,6-7H2. The predicted octanol–water partition coefficient (Wildman–Crippen LogP) is 1.33. The third kappa shape index (κ3) is 2.33. The van der Waals surface area contributed by atoms with E-state index in [1.165, 1.54) is 0 Å². The third-order valence-corrected chi connectivity index (χ3v) is 2.88. The fourth-order valence-electron chi connectivity index (χ4n) is 1.64. The Kier molecular flexibility index (Phi) is 3.41. The monoisotopic (exact) mass is 240 g/mol. The summed E-state index contributed by atoms with van der Waals surface area (Å²) in [5, 5.41) is 9.15. The number of halogens is 1. The Balaban J connectivity index is 2.19. The van der Waals surface area contributed by atoms with Crippen molar-refractivity contribution >= 4 is 17.5 Å². The van der Waals surface area contributed by atoms with E-state index in [0.29, 0.717) is 12.1 Å². The van der Waals surface area contributed by atoms with Crippen LogP contribution < -0.4 is 0 Å². The van der Waals surface area contributed by atoms with E-state index in [4.69, 9.17) is 16.7 Å². The summed E-state index contributed by atoms with van der Waals surface area (Å²) in [6.45, 7) is 0.328. The Bertz CT molecular complexity index is 393. The molecule has 5 heteroatoms. The molecule has 1 heterocycles. The van der Waals surface area contributed by atoms with Gasteiger partial charge in [0.15, 0.2) is 0 Å². The lowest BCUT2D eigenvalue weighted by atomic mass is 10.2. The van der Waals surface area contributed by atoms with Gasteiger partial charge in [-0.1, -0.05) is 11.6 Å². The molecule has 0 radical (unpaired) electrons. The molecule has 0 unspecified atom stereocenters. The Hall–Kier alpha value is -1.13. The minimum absolute atomic E-state index is 0.0277. The lowest BCUT2D eigenvalue weighted by Crippen LogP contribution is -2.35. The number of hydrogen-bond donors (Lipinski definition) is 1. The molecule has 1 saturated carbocycles. The highest BCUT2D eigenvalue weighted by atomic mass is 35.5. The van der Waals surface area contributed by atoms with Crippen LogP contribution in [0.25, 0.3) is 0 Å². The summed E-state index contributed by atoms with van der Waals surface area (Å²) < 4.78 is 0. The summed E-state index contributed by atoms with van der Waals surface area (Å²) in [5.41, 5.74) is 0.407. The van der Waals surface area contributed by atoms with Gasteiger partial charge < -0.3 is 10.0 Å². The summed E-state index contributed by atoms with van der Waals surface area (Å²) in [7, 11) is 0. The topological polar surface area (TPSA) is 53.4 Å². The van der Waals surface area contributed by atoms with E-state index in [0.717, 1.165) is 12.8 Å². The van der Waals surface area contributed by atoms with Crippen LogP contribution in [0.2, 0.25) is 5.15 Å². The minimum Gasteiger partial charge on any atom is -0.395 e. The predicted molar refractivity (Wildman–Crippen MR) is 60.4 cm³/mol. The molecule has 1 fully saturated rings. The van der Waals surface area contributed by atoms with Crippen molar-refractivity contribution in [3.05, 3.63) is 29.0 Å². The molecule has 1 aliphatic carbocycles. The van der Waals surface area contributed by atoms with Crippen LogP contribution in [0.1, 0.15) is 23.2 Å². The highest BCUT2D eigenvalue weighted by molar-refractivity contribution is 6.32. The van der Waals surface area contributed by atoms with E-state index < -0.39 is 0 Å². The molecule has 2 rings (SSSR count). The van der Waals surface area contributed by atoms with Crippen LogP contribution in [0.15, 0.2) is 18.3 Å². The first-order valence-corrected chi connectivity index (χ1v) is 5.64. The van der Waals surface area contributed by atoms with Crippen LogP contribution in [-0.2, 0) is 0 Å². The quantitative estimate of drug-likeness (QED) is 0.808. The zero-order chi connectivity index (χ0) is 11.5. The Labute approximate surface area is 98.9 Å². The van der Waals surface area contributed by atoms with Crippen LogP contribution in [0, 0.1) is 0 Å². The van der Waals surface area contributed by atoms with Crippen molar-refractivity contribution in [2.24, 2.45) is 0 Å². The summed E-state index contributed by atoms with van der Waals surface area (Å²) in [5.74, 6) is -0.144. The molecule has 0 aliphatic heterocycles. The van der Waals surface area contributed by atoms with Gasteiger partial charge in [-0.25, -0.2) is 4.98 Å². The summed E-state index contributed by atoms with van der Waals surface area (Å²) in [4.78, 5) is 17.7. The summed E-state index contributed by atoms with van der Waals surface area (Å²) in [6, 6.07) is 3.60. The number of nitrogens with zero attached hydrogens (tertiary/aromatic N) is 2. The molecule has 0 atom stereocenters. The SMILES string of the molecule is O=C(c1cccnc1Cl)N(CCO)C1CC1. The lowest BCUT2D eigenvalue weighted by molar-refractivity contribution is 0.0707. The van der Waals surface area contributed by atoms with Crippen LogP contribution >= 0.6 is 11.6 Å². The van der Waals surface area contributed by atoms with Crippen molar-refractivity contribution < 1.29 is 9.90 Å². The maximum Gasteiger partial charge on any atom is 0.257 e. The molecule has 1 amide bonds. The van der Waals surface area contributed by atoms with Crippen molar-refractivity contribution in [3.63, 3.8) is 0 Å². The molecule has 1 aromatic rings. The van der Waals surface area contributed by atoms with Gasteiger partial charge in [0.25, 0.3) is 5.91 Å². The zero-order valence-corrected chi connectivity index (χ0v) is 9.52. The van der Waals surface area contributed by atoms with Gasteiger partial charge in [-0.2, -0.15) is 0 Å². The van der Waals surface area contributed by atoms with E-state index in [1.807, 2.05) is 0 Å². The summed E-state index contributed by atoms with van der Waals surface area (Å²) >= 11 is 5.87. The number of aliphatic hydroxyl groups is 1. The van der Waals surface area contributed by atoms with Crippen molar-refractivity contribution in [1.82, 2.24) is 9.88 Å².